The van der Waals surface area contributed by atoms with Gasteiger partial charge in [0.25, 0.3) is 0 Å². The van der Waals surface area contributed by atoms with Crippen LogP contribution >= 0.6 is 0 Å². The minimum atomic E-state index is 0.621. The van der Waals surface area contributed by atoms with E-state index in [2.05, 4.69) is 21.1 Å². The summed E-state index contributed by atoms with van der Waals surface area (Å²) < 4.78 is 5.01. The first-order chi connectivity index (χ1) is 7.84. The van der Waals surface area contributed by atoms with Gasteiger partial charge in [0, 0.05) is 6.54 Å². The quantitative estimate of drug-likeness (QED) is 0.764. The highest BCUT2D eigenvalue weighted by Crippen LogP contribution is 2.34. The van der Waals surface area contributed by atoms with Crippen LogP contribution in [0.2, 0.25) is 0 Å². The molecule has 16 heavy (non-hydrogen) atoms. The Balaban J connectivity index is 1.91. The molecular formula is C11H12N4O. The first kappa shape index (κ1) is 9.21. The largest absolute Gasteiger partial charge is 0.397 e. The molecule has 1 aliphatic heterocycles. The lowest BCUT2D eigenvalue weighted by molar-refractivity contribution is 0.376. The maximum atomic E-state index is 5.98. The highest BCUT2D eigenvalue weighted by Gasteiger charge is 2.22. The molecule has 2 N–H and O–H groups in total. The minimum absolute atomic E-state index is 0.621. The molecule has 2 heterocycles. The van der Waals surface area contributed by atoms with Gasteiger partial charge in [0.2, 0.25) is 5.89 Å². The number of aromatic nitrogens is 2. The average molecular weight is 216 g/mol. The number of hydrogen-bond acceptors (Lipinski definition) is 5. The number of para-hydroxylation sites is 1. The Hall–Kier alpha value is -2.04. The summed E-state index contributed by atoms with van der Waals surface area (Å²) in [6, 6.07) is 6.02. The molecule has 0 radical (unpaired) electrons. The van der Waals surface area contributed by atoms with Gasteiger partial charge in [0.15, 0.2) is 6.33 Å². The Morgan fingerprint density at radius 3 is 3.19 bits per heavy atom. The van der Waals surface area contributed by atoms with E-state index >= 15 is 0 Å². The lowest BCUT2D eigenvalue weighted by Crippen LogP contribution is -2.20. The minimum Gasteiger partial charge on any atom is -0.397 e. The van der Waals surface area contributed by atoms with Crippen molar-refractivity contribution in [3.05, 3.63) is 36.0 Å². The number of benzene rings is 1. The highest BCUT2D eigenvalue weighted by molar-refractivity contribution is 5.73. The topological polar surface area (TPSA) is 68.2 Å². The van der Waals surface area contributed by atoms with Crippen LogP contribution in [0.1, 0.15) is 11.5 Å². The van der Waals surface area contributed by atoms with Gasteiger partial charge in [0.1, 0.15) is 0 Å². The van der Waals surface area contributed by atoms with Crippen molar-refractivity contribution in [2.75, 3.05) is 17.2 Å². The molecule has 0 aliphatic carbocycles. The third kappa shape index (κ3) is 1.41. The van der Waals surface area contributed by atoms with Gasteiger partial charge in [-0.25, -0.2) is 0 Å². The van der Waals surface area contributed by atoms with E-state index in [4.69, 9.17) is 10.3 Å². The van der Waals surface area contributed by atoms with Gasteiger partial charge in [-0.15, -0.1) is 0 Å². The van der Waals surface area contributed by atoms with Crippen LogP contribution in [-0.2, 0) is 13.0 Å². The highest BCUT2D eigenvalue weighted by atomic mass is 16.5. The Morgan fingerprint density at radius 2 is 2.38 bits per heavy atom. The van der Waals surface area contributed by atoms with Gasteiger partial charge in [-0.3, -0.25) is 0 Å². The molecular weight excluding hydrogens is 204 g/mol. The molecule has 0 saturated carbocycles. The molecule has 0 amide bonds. The second kappa shape index (κ2) is 3.52. The molecule has 5 nitrogen and oxygen atoms in total. The number of hydrogen-bond donors (Lipinski definition) is 1. The van der Waals surface area contributed by atoms with Crippen molar-refractivity contribution in [1.29, 1.82) is 0 Å². The lowest BCUT2D eigenvalue weighted by Gasteiger charge is -2.18. The zero-order valence-electron chi connectivity index (χ0n) is 8.76. The Morgan fingerprint density at radius 1 is 1.44 bits per heavy atom. The van der Waals surface area contributed by atoms with E-state index in [0.717, 1.165) is 24.3 Å². The molecule has 1 aromatic heterocycles. The van der Waals surface area contributed by atoms with Crippen molar-refractivity contribution in [2.45, 2.75) is 13.0 Å². The van der Waals surface area contributed by atoms with E-state index in [1.807, 2.05) is 12.1 Å². The Labute approximate surface area is 92.9 Å². The standard InChI is InChI=1S/C11H12N4O/c12-9-3-1-2-8-4-5-15(11(8)9)6-10-13-7-14-16-10/h1-3,7H,4-6,12H2. The van der Waals surface area contributed by atoms with Crippen LogP contribution in [0.3, 0.4) is 0 Å². The van der Waals surface area contributed by atoms with E-state index in [1.165, 1.54) is 11.9 Å². The van der Waals surface area contributed by atoms with Gasteiger partial charge in [0.05, 0.1) is 17.9 Å². The van der Waals surface area contributed by atoms with Crippen molar-refractivity contribution in [1.82, 2.24) is 10.1 Å². The van der Waals surface area contributed by atoms with E-state index in [-0.39, 0.29) is 0 Å². The number of anilines is 2. The Bertz CT molecular complexity index is 495. The molecule has 0 bridgehead atoms. The summed E-state index contributed by atoms with van der Waals surface area (Å²) in [5.74, 6) is 0.621. The second-order valence-electron chi connectivity index (χ2n) is 3.86. The van der Waals surface area contributed by atoms with Crippen LogP contribution in [0.5, 0.6) is 0 Å². The van der Waals surface area contributed by atoms with Crippen LogP contribution in [0.4, 0.5) is 11.4 Å². The fourth-order valence-corrected chi connectivity index (χ4v) is 2.15. The van der Waals surface area contributed by atoms with E-state index in [0.29, 0.717) is 12.4 Å². The normalized spacial score (nSPS) is 14.1. The number of nitrogens with two attached hydrogens (primary N) is 1. The summed E-state index contributed by atoms with van der Waals surface area (Å²) in [4.78, 5) is 6.20. The maximum absolute atomic E-state index is 5.98. The first-order valence-corrected chi connectivity index (χ1v) is 5.22. The number of nitrogens with zero attached hydrogens (tertiary/aromatic N) is 3. The molecule has 1 aromatic carbocycles. The van der Waals surface area contributed by atoms with Crippen molar-refractivity contribution in [2.24, 2.45) is 0 Å². The van der Waals surface area contributed by atoms with Crippen molar-refractivity contribution in [3.8, 4) is 0 Å². The summed E-state index contributed by atoms with van der Waals surface area (Å²) >= 11 is 0. The summed E-state index contributed by atoms with van der Waals surface area (Å²) in [5, 5.41) is 3.60. The van der Waals surface area contributed by atoms with Crippen LogP contribution in [0, 0.1) is 0 Å². The molecule has 0 saturated heterocycles. The Kier molecular flexibility index (Phi) is 2.02. The summed E-state index contributed by atoms with van der Waals surface area (Å²) in [7, 11) is 0. The number of fused-ring (bicyclic) bond motifs is 1. The first-order valence-electron chi connectivity index (χ1n) is 5.22. The third-order valence-corrected chi connectivity index (χ3v) is 2.85. The van der Waals surface area contributed by atoms with Gasteiger partial charge >= 0.3 is 0 Å². The molecule has 0 unspecified atom stereocenters. The molecule has 3 rings (SSSR count). The van der Waals surface area contributed by atoms with Gasteiger partial charge < -0.3 is 15.2 Å². The molecule has 1 aliphatic rings. The van der Waals surface area contributed by atoms with E-state index in [1.54, 1.807) is 0 Å². The molecule has 0 spiro atoms. The van der Waals surface area contributed by atoms with E-state index in [9.17, 15) is 0 Å². The SMILES string of the molecule is Nc1cccc2c1N(Cc1ncno1)CC2. The van der Waals surface area contributed by atoms with Gasteiger partial charge in [-0.2, -0.15) is 4.98 Å². The summed E-state index contributed by atoms with van der Waals surface area (Å²) in [5.41, 5.74) is 9.20. The smallest absolute Gasteiger partial charge is 0.245 e. The van der Waals surface area contributed by atoms with Crippen LogP contribution < -0.4 is 10.6 Å². The third-order valence-electron chi connectivity index (χ3n) is 2.85. The van der Waals surface area contributed by atoms with Crippen LogP contribution in [0.15, 0.2) is 29.0 Å². The lowest BCUT2D eigenvalue weighted by atomic mass is 10.1. The van der Waals surface area contributed by atoms with Crippen molar-refractivity contribution < 1.29 is 4.52 Å². The van der Waals surface area contributed by atoms with E-state index < -0.39 is 0 Å². The summed E-state index contributed by atoms with van der Waals surface area (Å²) in [6.07, 6.45) is 2.44. The fourth-order valence-electron chi connectivity index (χ4n) is 2.15. The number of nitrogen functional groups attached to an aromatic ring is 1. The molecule has 5 heteroatoms. The predicted octanol–water partition coefficient (Wildman–Crippen LogP) is 1.21. The van der Waals surface area contributed by atoms with Crippen molar-refractivity contribution in [3.63, 3.8) is 0 Å². The van der Waals surface area contributed by atoms with Gasteiger partial charge in [-0.1, -0.05) is 17.3 Å². The molecule has 82 valence electrons. The second-order valence-corrected chi connectivity index (χ2v) is 3.86. The van der Waals surface area contributed by atoms with Crippen LogP contribution in [-0.4, -0.2) is 16.7 Å². The molecule has 0 atom stereocenters. The van der Waals surface area contributed by atoms with Gasteiger partial charge in [-0.05, 0) is 18.1 Å². The fraction of sp³-hybridized carbons (Fsp3) is 0.273. The van der Waals surface area contributed by atoms with Crippen LogP contribution in [0.25, 0.3) is 0 Å². The monoisotopic (exact) mass is 216 g/mol. The zero-order chi connectivity index (χ0) is 11.0. The predicted molar refractivity (Wildman–Crippen MR) is 59.9 cm³/mol. The average Bonchev–Trinajstić information content (AvgIpc) is 2.90. The maximum Gasteiger partial charge on any atom is 0.245 e. The summed E-state index contributed by atoms with van der Waals surface area (Å²) in [6.45, 7) is 1.58. The van der Waals surface area contributed by atoms with Crippen molar-refractivity contribution >= 4 is 11.4 Å². The molecule has 2 aromatic rings. The molecule has 0 fully saturated rings. The zero-order valence-corrected chi connectivity index (χ0v) is 8.76. The number of rotatable bonds is 2.